The van der Waals surface area contributed by atoms with Crippen LogP contribution in [0.25, 0.3) is 0 Å². The van der Waals surface area contributed by atoms with E-state index in [1.165, 1.54) is 6.07 Å². The van der Waals surface area contributed by atoms with Crippen LogP contribution in [0.1, 0.15) is 35.3 Å². The van der Waals surface area contributed by atoms with Crippen LogP contribution in [0.3, 0.4) is 0 Å². The van der Waals surface area contributed by atoms with E-state index in [1.807, 2.05) is 6.07 Å². The number of rotatable bonds is 5. The summed E-state index contributed by atoms with van der Waals surface area (Å²) in [6.07, 6.45) is 0. The number of nitriles is 1. The molecule has 0 aliphatic heterocycles. The van der Waals surface area contributed by atoms with Gasteiger partial charge in [0.05, 0.1) is 11.6 Å². The zero-order chi connectivity index (χ0) is 18.4. The van der Waals surface area contributed by atoms with Crippen molar-refractivity contribution >= 4 is 23.5 Å². The predicted molar refractivity (Wildman–Crippen MR) is 94.0 cm³/mol. The van der Waals surface area contributed by atoms with Crippen LogP contribution < -0.4 is 5.32 Å². The van der Waals surface area contributed by atoms with E-state index >= 15 is 0 Å². The molecule has 0 aromatic heterocycles. The van der Waals surface area contributed by atoms with Crippen molar-refractivity contribution in [1.29, 1.82) is 5.26 Å². The molecule has 1 amide bonds. The van der Waals surface area contributed by atoms with Crippen molar-refractivity contribution in [2.24, 2.45) is 0 Å². The number of hydrogen-bond donors (Lipinski definition) is 1. The Balaban J connectivity index is 2.02. The predicted octanol–water partition coefficient (Wildman–Crippen LogP) is 3.46. The molecule has 0 fully saturated rings. The molecule has 0 unspecified atom stereocenters. The molecule has 0 saturated carbocycles. The molecule has 0 radical (unpaired) electrons. The van der Waals surface area contributed by atoms with Crippen molar-refractivity contribution in [3.63, 3.8) is 0 Å². The first-order valence-electron chi connectivity index (χ1n) is 7.57. The zero-order valence-corrected chi connectivity index (χ0v) is 14.6. The van der Waals surface area contributed by atoms with Crippen molar-refractivity contribution in [2.45, 2.75) is 26.0 Å². The number of nitrogens with zero attached hydrogens (tertiary/aromatic N) is 1. The Morgan fingerprint density at radius 2 is 1.88 bits per heavy atom. The smallest absolute Gasteiger partial charge is 0.331 e. The third-order valence-electron chi connectivity index (χ3n) is 3.52. The molecule has 0 atom stereocenters. The molecule has 0 bridgehead atoms. The van der Waals surface area contributed by atoms with Gasteiger partial charge in [0.2, 0.25) is 0 Å². The minimum absolute atomic E-state index is 0.0798. The second-order valence-electron chi connectivity index (χ2n) is 5.93. The number of amides is 1. The van der Waals surface area contributed by atoms with E-state index in [4.69, 9.17) is 21.6 Å². The van der Waals surface area contributed by atoms with Crippen LogP contribution >= 0.6 is 11.6 Å². The number of hydrogen-bond acceptors (Lipinski definition) is 4. The van der Waals surface area contributed by atoms with Gasteiger partial charge < -0.3 is 10.1 Å². The normalized spacial score (nSPS) is 10.6. The summed E-state index contributed by atoms with van der Waals surface area (Å²) in [5.74, 6) is -0.970. The Morgan fingerprint density at radius 1 is 1.20 bits per heavy atom. The lowest BCUT2D eigenvalue weighted by Crippen LogP contribution is -2.50. The third-order valence-corrected chi connectivity index (χ3v) is 3.76. The van der Waals surface area contributed by atoms with E-state index in [9.17, 15) is 9.59 Å². The van der Waals surface area contributed by atoms with Gasteiger partial charge in [0.15, 0.2) is 0 Å². The second-order valence-corrected chi connectivity index (χ2v) is 6.37. The minimum Gasteiger partial charge on any atom is -0.459 e. The molecule has 6 heteroatoms. The topological polar surface area (TPSA) is 79.2 Å². The first-order valence-corrected chi connectivity index (χ1v) is 7.94. The van der Waals surface area contributed by atoms with Crippen LogP contribution in [-0.2, 0) is 16.1 Å². The molecular weight excluding hydrogens is 340 g/mol. The molecule has 128 valence electrons. The molecule has 2 rings (SSSR count). The quantitative estimate of drug-likeness (QED) is 0.832. The fourth-order valence-electron chi connectivity index (χ4n) is 2.10. The lowest BCUT2D eigenvalue weighted by Gasteiger charge is -2.24. The summed E-state index contributed by atoms with van der Waals surface area (Å²) in [6, 6.07) is 15.4. The van der Waals surface area contributed by atoms with E-state index in [0.29, 0.717) is 21.7 Å². The van der Waals surface area contributed by atoms with Gasteiger partial charge in [-0.3, -0.25) is 4.79 Å². The maximum atomic E-state index is 12.3. The average molecular weight is 357 g/mol. The van der Waals surface area contributed by atoms with Crippen LogP contribution in [0.15, 0.2) is 48.5 Å². The summed E-state index contributed by atoms with van der Waals surface area (Å²) in [4.78, 5) is 24.5. The third kappa shape index (κ3) is 4.82. The van der Waals surface area contributed by atoms with E-state index in [2.05, 4.69) is 5.32 Å². The van der Waals surface area contributed by atoms with E-state index in [1.54, 1.807) is 56.3 Å². The fourth-order valence-corrected chi connectivity index (χ4v) is 2.27. The van der Waals surface area contributed by atoms with Gasteiger partial charge in [-0.2, -0.15) is 5.26 Å². The molecule has 0 saturated heterocycles. The molecule has 5 nitrogen and oxygen atoms in total. The highest BCUT2D eigenvalue weighted by molar-refractivity contribution is 6.30. The van der Waals surface area contributed by atoms with Crippen LogP contribution in [0.4, 0.5) is 0 Å². The number of carbonyl (C=O) groups excluding carboxylic acids is 2. The van der Waals surface area contributed by atoms with Crippen LogP contribution in [0, 0.1) is 11.3 Å². The van der Waals surface area contributed by atoms with Crippen molar-refractivity contribution in [2.75, 3.05) is 0 Å². The summed E-state index contributed by atoms with van der Waals surface area (Å²) in [5.41, 5.74) is 0.122. The monoisotopic (exact) mass is 356 g/mol. The Kier molecular flexibility index (Phi) is 5.79. The van der Waals surface area contributed by atoms with Gasteiger partial charge in [-0.05, 0) is 38.1 Å². The molecule has 2 aromatic rings. The molecular formula is C19H17ClN2O3. The Morgan fingerprint density at radius 3 is 2.52 bits per heavy atom. The van der Waals surface area contributed by atoms with Crippen LogP contribution in [0.2, 0.25) is 5.02 Å². The van der Waals surface area contributed by atoms with Crippen molar-refractivity contribution in [3.05, 3.63) is 70.2 Å². The Labute approximate surface area is 151 Å². The second kappa shape index (κ2) is 7.82. The summed E-state index contributed by atoms with van der Waals surface area (Å²) in [7, 11) is 0. The highest BCUT2D eigenvalue weighted by Gasteiger charge is 2.31. The highest BCUT2D eigenvalue weighted by Crippen LogP contribution is 2.17. The SMILES string of the molecule is CC(C)(NC(=O)c1ccccc1)C(=O)OCc1ccc(Cl)cc1C#N. The molecule has 25 heavy (non-hydrogen) atoms. The largest absolute Gasteiger partial charge is 0.459 e. The number of halogens is 1. The Hall–Kier alpha value is -2.84. The van der Waals surface area contributed by atoms with Gasteiger partial charge in [0.1, 0.15) is 12.1 Å². The molecule has 0 aliphatic rings. The van der Waals surface area contributed by atoms with Gasteiger partial charge in [0, 0.05) is 16.1 Å². The molecule has 0 aliphatic carbocycles. The number of esters is 1. The molecule has 0 heterocycles. The lowest BCUT2D eigenvalue weighted by molar-refractivity contribution is -0.151. The maximum Gasteiger partial charge on any atom is 0.331 e. The highest BCUT2D eigenvalue weighted by atomic mass is 35.5. The number of carbonyl (C=O) groups is 2. The molecule has 1 N–H and O–H groups in total. The molecule has 0 spiro atoms. The van der Waals surface area contributed by atoms with Gasteiger partial charge in [-0.1, -0.05) is 35.9 Å². The summed E-state index contributed by atoms with van der Waals surface area (Å²) in [5, 5.41) is 12.2. The first kappa shape index (κ1) is 18.5. The fraction of sp³-hybridized carbons (Fsp3) is 0.211. The summed E-state index contributed by atoms with van der Waals surface area (Å²) >= 11 is 5.84. The first-order chi connectivity index (χ1) is 11.8. The minimum atomic E-state index is -1.22. The van der Waals surface area contributed by atoms with Crippen molar-refractivity contribution in [3.8, 4) is 6.07 Å². The van der Waals surface area contributed by atoms with E-state index in [0.717, 1.165) is 0 Å². The van der Waals surface area contributed by atoms with E-state index < -0.39 is 11.5 Å². The van der Waals surface area contributed by atoms with Gasteiger partial charge in [-0.25, -0.2) is 4.79 Å². The number of ether oxygens (including phenoxy) is 1. The van der Waals surface area contributed by atoms with Gasteiger partial charge in [0.25, 0.3) is 5.91 Å². The van der Waals surface area contributed by atoms with Crippen LogP contribution in [-0.4, -0.2) is 17.4 Å². The van der Waals surface area contributed by atoms with Crippen molar-refractivity contribution < 1.29 is 14.3 Å². The lowest BCUT2D eigenvalue weighted by atomic mass is 10.0. The maximum absolute atomic E-state index is 12.3. The Bertz CT molecular complexity index is 826. The summed E-state index contributed by atoms with van der Waals surface area (Å²) in [6.45, 7) is 3.04. The van der Waals surface area contributed by atoms with Gasteiger partial charge >= 0.3 is 5.97 Å². The standard InChI is InChI=1S/C19H17ClN2O3/c1-19(2,22-17(23)13-6-4-3-5-7-13)18(24)25-12-14-8-9-16(20)10-15(14)11-21/h3-10H,12H2,1-2H3,(H,22,23). The summed E-state index contributed by atoms with van der Waals surface area (Å²) < 4.78 is 5.26. The number of benzene rings is 2. The average Bonchev–Trinajstić information content (AvgIpc) is 2.60. The zero-order valence-electron chi connectivity index (χ0n) is 13.9. The van der Waals surface area contributed by atoms with Crippen LogP contribution in [0.5, 0.6) is 0 Å². The molecule has 2 aromatic carbocycles. The van der Waals surface area contributed by atoms with Gasteiger partial charge in [-0.15, -0.1) is 0 Å². The van der Waals surface area contributed by atoms with Crippen molar-refractivity contribution in [1.82, 2.24) is 5.32 Å². The van der Waals surface area contributed by atoms with E-state index in [-0.39, 0.29) is 12.5 Å². The number of nitrogens with one attached hydrogen (secondary N) is 1.